The zero-order chi connectivity index (χ0) is 15.8. The number of nitrogens with one attached hydrogen (secondary N) is 1. The fourth-order valence-electron chi connectivity index (χ4n) is 3.14. The summed E-state index contributed by atoms with van der Waals surface area (Å²) in [6, 6.07) is 8.40. The van der Waals surface area contributed by atoms with Gasteiger partial charge in [0.25, 0.3) is 0 Å². The molecule has 1 heterocycles. The normalized spacial score (nSPS) is 18.8. The first kappa shape index (κ1) is 16.8. The van der Waals surface area contributed by atoms with Crippen LogP contribution in [0.15, 0.2) is 24.3 Å². The molecule has 0 radical (unpaired) electrons. The summed E-state index contributed by atoms with van der Waals surface area (Å²) in [5.41, 5.74) is 1.23. The highest BCUT2D eigenvalue weighted by atomic mass is 16.5. The molecular weight excluding hydrogens is 276 g/mol. The molecule has 0 saturated carbocycles. The maximum absolute atomic E-state index is 12.6. The van der Waals surface area contributed by atoms with Crippen LogP contribution in [0, 0.1) is 0 Å². The molecule has 4 nitrogen and oxygen atoms in total. The van der Waals surface area contributed by atoms with Crippen molar-refractivity contribution in [3.63, 3.8) is 0 Å². The van der Waals surface area contributed by atoms with Gasteiger partial charge in [-0.3, -0.25) is 4.79 Å². The quantitative estimate of drug-likeness (QED) is 0.821. The van der Waals surface area contributed by atoms with Crippen molar-refractivity contribution in [3.05, 3.63) is 29.8 Å². The third kappa shape index (κ3) is 4.47. The summed E-state index contributed by atoms with van der Waals surface area (Å²) in [5, 5.41) is 3.11. The molecule has 122 valence electrons. The van der Waals surface area contributed by atoms with Crippen molar-refractivity contribution in [3.8, 4) is 5.75 Å². The lowest BCUT2D eigenvalue weighted by Crippen LogP contribution is -2.35. The monoisotopic (exact) mass is 304 g/mol. The number of rotatable bonds is 6. The summed E-state index contributed by atoms with van der Waals surface area (Å²) in [4.78, 5) is 14.7. The van der Waals surface area contributed by atoms with E-state index < -0.39 is 0 Å². The van der Waals surface area contributed by atoms with Gasteiger partial charge < -0.3 is 15.0 Å². The predicted molar refractivity (Wildman–Crippen MR) is 89.1 cm³/mol. The molecule has 2 rings (SSSR count). The molecule has 1 amide bonds. The molecule has 1 atom stereocenters. The Bertz CT molecular complexity index is 459. The minimum atomic E-state index is 0.218. The van der Waals surface area contributed by atoms with Crippen LogP contribution in [-0.2, 0) is 4.79 Å². The highest BCUT2D eigenvalue weighted by molar-refractivity contribution is 5.76. The van der Waals surface area contributed by atoms with Gasteiger partial charge in [0.15, 0.2) is 0 Å². The third-order valence-electron chi connectivity index (χ3n) is 4.39. The molecule has 0 bridgehead atoms. The van der Waals surface area contributed by atoms with Crippen molar-refractivity contribution < 1.29 is 9.53 Å². The molecule has 1 aliphatic rings. The Labute approximate surface area is 133 Å². The molecule has 1 aliphatic heterocycles. The van der Waals surface area contributed by atoms with Gasteiger partial charge in [-0.1, -0.05) is 25.0 Å². The van der Waals surface area contributed by atoms with Crippen LogP contribution in [0.1, 0.15) is 50.1 Å². The van der Waals surface area contributed by atoms with E-state index in [9.17, 15) is 4.79 Å². The Morgan fingerprint density at radius 1 is 1.27 bits per heavy atom. The lowest BCUT2D eigenvalue weighted by atomic mass is 10.00. The lowest BCUT2D eigenvalue weighted by Gasteiger charge is -2.31. The molecule has 1 fully saturated rings. The second kappa shape index (κ2) is 8.79. The average Bonchev–Trinajstić information content (AvgIpc) is 2.81. The van der Waals surface area contributed by atoms with E-state index in [2.05, 4.69) is 22.3 Å². The van der Waals surface area contributed by atoms with Gasteiger partial charge in [0.1, 0.15) is 5.75 Å². The number of amides is 1. The van der Waals surface area contributed by atoms with Gasteiger partial charge in [0.2, 0.25) is 5.91 Å². The zero-order valence-corrected chi connectivity index (χ0v) is 13.8. The van der Waals surface area contributed by atoms with Crippen LogP contribution in [0.3, 0.4) is 0 Å². The van der Waals surface area contributed by atoms with Crippen molar-refractivity contribution in [1.29, 1.82) is 0 Å². The Morgan fingerprint density at radius 2 is 2.05 bits per heavy atom. The van der Waals surface area contributed by atoms with Gasteiger partial charge >= 0.3 is 0 Å². The van der Waals surface area contributed by atoms with Crippen LogP contribution in [0.4, 0.5) is 0 Å². The van der Waals surface area contributed by atoms with Gasteiger partial charge in [-0.25, -0.2) is 0 Å². The topological polar surface area (TPSA) is 41.6 Å². The molecule has 22 heavy (non-hydrogen) atoms. The number of hydrogen-bond donors (Lipinski definition) is 1. The second-order valence-electron chi connectivity index (χ2n) is 5.93. The Hall–Kier alpha value is -1.55. The highest BCUT2D eigenvalue weighted by Gasteiger charge is 2.26. The van der Waals surface area contributed by atoms with Crippen molar-refractivity contribution in [2.75, 3.05) is 27.2 Å². The molecule has 1 aromatic carbocycles. The minimum absolute atomic E-state index is 0.218. The van der Waals surface area contributed by atoms with Crippen molar-refractivity contribution >= 4 is 5.91 Å². The molecule has 0 aliphatic carbocycles. The zero-order valence-electron chi connectivity index (χ0n) is 13.8. The van der Waals surface area contributed by atoms with E-state index in [4.69, 9.17) is 4.74 Å². The molecule has 0 aromatic heterocycles. The fourth-order valence-corrected chi connectivity index (χ4v) is 3.14. The highest BCUT2D eigenvalue weighted by Crippen LogP contribution is 2.31. The lowest BCUT2D eigenvalue weighted by molar-refractivity contribution is -0.133. The smallest absolute Gasteiger partial charge is 0.223 e. The number of carbonyl (C=O) groups is 1. The standard InChI is InChI=1S/C18H28N2O2/c1-19-13-6-8-18(21)20-14-5-3-4-7-17(20)15-9-11-16(22-2)12-10-15/h9-12,17,19H,3-8,13-14H2,1-2H3. The van der Waals surface area contributed by atoms with Gasteiger partial charge in [-0.15, -0.1) is 0 Å². The van der Waals surface area contributed by atoms with Gasteiger partial charge in [0, 0.05) is 13.0 Å². The number of methoxy groups -OCH3 is 1. The van der Waals surface area contributed by atoms with Crippen molar-refractivity contribution in [1.82, 2.24) is 10.2 Å². The first-order valence-corrected chi connectivity index (χ1v) is 8.34. The summed E-state index contributed by atoms with van der Waals surface area (Å²) in [6.45, 7) is 1.78. The fraction of sp³-hybridized carbons (Fsp3) is 0.611. The first-order valence-electron chi connectivity index (χ1n) is 8.34. The van der Waals surface area contributed by atoms with Crippen molar-refractivity contribution in [2.45, 2.75) is 44.6 Å². The molecule has 1 N–H and O–H groups in total. The average molecular weight is 304 g/mol. The van der Waals surface area contributed by atoms with E-state index in [1.54, 1.807) is 7.11 Å². The van der Waals surface area contributed by atoms with E-state index in [-0.39, 0.29) is 11.9 Å². The number of benzene rings is 1. The van der Waals surface area contributed by atoms with E-state index >= 15 is 0 Å². The molecule has 4 heteroatoms. The van der Waals surface area contributed by atoms with Crippen LogP contribution in [0.25, 0.3) is 0 Å². The van der Waals surface area contributed by atoms with E-state index in [1.165, 1.54) is 18.4 Å². The third-order valence-corrected chi connectivity index (χ3v) is 4.39. The maximum Gasteiger partial charge on any atom is 0.223 e. The van der Waals surface area contributed by atoms with Crippen LogP contribution in [0.2, 0.25) is 0 Å². The second-order valence-corrected chi connectivity index (χ2v) is 5.93. The van der Waals surface area contributed by atoms with Gasteiger partial charge in [-0.2, -0.15) is 0 Å². The summed E-state index contributed by atoms with van der Waals surface area (Å²) in [5.74, 6) is 1.15. The molecule has 1 aromatic rings. The van der Waals surface area contributed by atoms with Crippen molar-refractivity contribution in [2.24, 2.45) is 0 Å². The number of likely N-dealkylation sites (tertiary alicyclic amines) is 1. The molecular formula is C18H28N2O2. The number of nitrogens with zero attached hydrogens (tertiary/aromatic N) is 1. The van der Waals surface area contributed by atoms with Gasteiger partial charge in [0.05, 0.1) is 13.2 Å². The van der Waals surface area contributed by atoms with Crippen LogP contribution >= 0.6 is 0 Å². The Kier molecular flexibility index (Phi) is 6.72. The van der Waals surface area contributed by atoms with Crippen LogP contribution < -0.4 is 10.1 Å². The van der Waals surface area contributed by atoms with E-state index in [0.717, 1.165) is 38.1 Å². The molecule has 0 spiro atoms. The van der Waals surface area contributed by atoms with E-state index in [0.29, 0.717) is 6.42 Å². The number of carbonyl (C=O) groups excluding carboxylic acids is 1. The van der Waals surface area contributed by atoms with Crippen LogP contribution in [0.5, 0.6) is 5.75 Å². The summed E-state index contributed by atoms with van der Waals surface area (Å²) >= 11 is 0. The summed E-state index contributed by atoms with van der Waals surface area (Å²) in [6.07, 6.45) is 6.12. The minimum Gasteiger partial charge on any atom is -0.497 e. The van der Waals surface area contributed by atoms with E-state index in [1.807, 2.05) is 19.2 Å². The Balaban J connectivity index is 2.10. The molecule has 1 saturated heterocycles. The summed E-state index contributed by atoms with van der Waals surface area (Å²) in [7, 11) is 3.61. The first-order chi connectivity index (χ1) is 10.8. The maximum atomic E-state index is 12.6. The number of ether oxygens (including phenoxy) is 1. The molecule has 1 unspecified atom stereocenters. The van der Waals surface area contributed by atoms with Crippen LogP contribution in [-0.4, -0.2) is 38.1 Å². The largest absolute Gasteiger partial charge is 0.497 e. The Morgan fingerprint density at radius 3 is 2.73 bits per heavy atom. The SMILES string of the molecule is CNCCCC(=O)N1CCCCCC1c1ccc(OC)cc1. The number of hydrogen-bond acceptors (Lipinski definition) is 3. The summed E-state index contributed by atoms with van der Waals surface area (Å²) < 4.78 is 5.23. The van der Waals surface area contributed by atoms with Gasteiger partial charge in [-0.05, 0) is 50.6 Å². The predicted octanol–water partition coefficient (Wildman–Crippen LogP) is 3.14.